The van der Waals surface area contributed by atoms with Crippen molar-refractivity contribution in [3.63, 3.8) is 0 Å². The number of hydrogen-bond donors (Lipinski definition) is 3. The van der Waals surface area contributed by atoms with Crippen LogP contribution in [0.3, 0.4) is 0 Å². The molecule has 11 heteroatoms. The summed E-state index contributed by atoms with van der Waals surface area (Å²) in [5.41, 5.74) is 2.13. The average molecular weight is 525 g/mol. The normalized spacial score (nSPS) is 16.3. The molecule has 0 bridgehead atoms. The first-order valence-electron chi connectivity index (χ1n) is 10.5. The second-order valence-corrected chi connectivity index (χ2v) is 10.4. The van der Waals surface area contributed by atoms with Crippen LogP contribution in [0, 0.1) is 11.8 Å². The van der Waals surface area contributed by atoms with Crippen molar-refractivity contribution in [3.05, 3.63) is 63.6 Å². The van der Waals surface area contributed by atoms with E-state index in [9.17, 15) is 13.2 Å². The number of hydrogen-bond acceptors (Lipinski definition) is 5. The molecule has 34 heavy (non-hydrogen) atoms. The summed E-state index contributed by atoms with van der Waals surface area (Å²) in [6, 6.07) is 12.0. The van der Waals surface area contributed by atoms with Gasteiger partial charge >= 0.3 is 6.03 Å². The molecule has 1 atom stereocenters. The number of ether oxygens (including phenoxy) is 1. The number of nitrogens with zero attached hydrogens (tertiary/aromatic N) is 1. The molecule has 2 amide bonds. The molecule has 1 aliphatic rings. The van der Waals surface area contributed by atoms with E-state index < -0.39 is 10.0 Å². The molecule has 0 spiro atoms. The Labute approximate surface area is 210 Å². The summed E-state index contributed by atoms with van der Waals surface area (Å²) < 4.78 is 30.8. The van der Waals surface area contributed by atoms with Crippen molar-refractivity contribution in [1.82, 2.24) is 15.5 Å². The highest BCUT2D eigenvalue weighted by Crippen LogP contribution is 2.23. The summed E-state index contributed by atoms with van der Waals surface area (Å²) in [4.78, 5) is 14.3. The van der Waals surface area contributed by atoms with Crippen LogP contribution in [-0.4, -0.2) is 64.5 Å². The smallest absolute Gasteiger partial charge is 0.315 e. The predicted octanol–water partition coefficient (Wildman–Crippen LogP) is 2.92. The highest BCUT2D eigenvalue weighted by molar-refractivity contribution is 7.92. The molecule has 182 valence electrons. The molecular weight excluding hydrogens is 499 g/mol. The average Bonchev–Trinajstić information content (AvgIpc) is 2.77. The minimum Gasteiger partial charge on any atom is -0.374 e. The van der Waals surface area contributed by atoms with Crippen LogP contribution in [-0.2, 0) is 21.3 Å². The maximum atomic E-state index is 12.1. The largest absolute Gasteiger partial charge is 0.374 e. The fraction of sp³-hybridized carbons (Fsp3) is 0.348. The number of nitrogens with one attached hydrogen (secondary N) is 3. The van der Waals surface area contributed by atoms with Crippen LogP contribution < -0.4 is 15.4 Å². The van der Waals surface area contributed by atoms with E-state index in [4.69, 9.17) is 27.9 Å². The van der Waals surface area contributed by atoms with E-state index in [-0.39, 0.29) is 18.7 Å². The second kappa shape index (κ2) is 12.3. The van der Waals surface area contributed by atoms with E-state index in [1.165, 1.54) is 0 Å². The Balaban J connectivity index is 1.40. The topological polar surface area (TPSA) is 99.8 Å². The third kappa shape index (κ3) is 9.05. The van der Waals surface area contributed by atoms with Crippen LogP contribution >= 0.6 is 23.2 Å². The van der Waals surface area contributed by atoms with Crippen molar-refractivity contribution < 1.29 is 17.9 Å². The van der Waals surface area contributed by atoms with Crippen molar-refractivity contribution >= 4 is 44.9 Å². The van der Waals surface area contributed by atoms with E-state index in [0.29, 0.717) is 41.0 Å². The second-order valence-electron chi connectivity index (χ2n) is 7.80. The van der Waals surface area contributed by atoms with Crippen molar-refractivity contribution in [2.45, 2.75) is 12.6 Å². The summed E-state index contributed by atoms with van der Waals surface area (Å²) in [5.74, 6) is 5.74. The number of sulfonamides is 1. The standard InChI is InChI=1S/C23H26Cl2N4O4S/c1-34(31,32)28-19-6-2-4-17(12-19)5-3-9-26-23(30)27-14-20-16-29(10-11-33-20)15-18-7-8-21(24)22(25)13-18/h2,4,6-8,12-13,20,28H,9-11,14-16H2,1H3,(H2,26,27,30)/t20-/m0/s1. The van der Waals surface area contributed by atoms with Crippen molar-refractivity contribution in [3.8, 4) is 11.8 Å². The van der Waals surface area contributed by atoms with Crippen molar-refractivity contribution in [1.29, 1.82) is 0 Å². The Bertz CT molecular complexity index is 1180. The maximum absolute atomic E-state index is 12.1. The third-order valence-corrected chi connectivity index (χ3v) is 6.18. The van der Waals surface area contributed by atoms with Gasteiger partial charge in [0.2, 0.25) is 10.0 Å². The number of anilines is 1. The fourth-order valence-electron chi connectivity index (χ4n) is 3.36. The predicted molar refractivity (Wildman–Crippen MR) is 135 cm³/mol. The van der Waals surface area contributed by atoms with Crippen LogP contribution in [0.15, 0.2) is 42.5 Å². The Morgan fingerprint density at radius 3 is 2.76 bits per heavy atom. The van der Waals surface area contributed by atoms with Gasteiger partial charge in [0, 0.05) is 37.4 Å². The molecule has 0 aromatic heterocycles. The fourth-order valence-corrected chi connectivity index (χ4v) is 4.23. The lowest BCUT2D eigenvalue weighted by atomic mass is 10.2. The third-order valence-electron chi connectivity index (χ3n) is 4.84. The summed E-state index contributed by atoms with van der Waals surface area (Å²) in [6.07, 6.45) is 0.956. The summed E-state index contributed by atoms with van der Waals surface area (Å²) >= 11 is 12.1. The van der Waals surface area contributed by atoms with Crippen LogP contribution in [0.25, 0.3) is 0 Å². The highest BCUT2D eigenvalue weighted by Gasteiger charge is 2.21. The van der Waals surface area contributed by atoms with Gasteiger partial charge in [0.15, 0.2) is 0 Å². The zero-order chi connectivity index (χ0) is 24.6. The van der Waals surface area contributed by atoms with Gasteiger partial charge in [-0.15, -0.1) is 0 Å². The SMILES string of the molecule is CS(=O)(=O)Nc1cccc(C#CCNC(=O)NC[C@H]2CN(Cc3ccc(Cl)c(Cl)c3)CCO2)c1. The van der Waals surface area contributed by atoms with E-state index in [2.05, 4.69) is 32.1 Å². The molecule has 1 heterocycles. The zero-order valence-corrected chi connectivity index (χ0v) is 20.9. The van der Waals surface area contributed by atoms with Gasteiger partial charge in [-0.3, -0.25) is 9.62 Å². The van der Waals surface area contributed by atoms with Crippen LogP contribution in [0.5, 0.6) is 0 Å². The summed E-state index contributed by atoms with van der Waals surface area (Å²) in [7, 11) is -3.36. The number of carbonyl (C=O) groups excluding carboxylic acids is 1. The Morgan fingerprint density at radius 1 is 1.18 bits per heavy atom. The van der Waals surface area contributed by atoms with Crippen LogP contribution in [0.2, 0.25) is 10.0 Å². The lowest BCUT2D eigenvalue weighted by Gasteiger charge is -2.33. The lowest BCUT2D eigenvalue weighted by Crippen LogP contribution is -2.48. The first-order chi connectivity index (χ1) is 16.2. The van der Waals surface area contributed by atoms with Gasteiger partial charge < -0.3 is 15.4 Å². The first kappa shape index (κ1) is 26.1. The minimum absolute atomic E-state index is 0.126. The molecule has 1 saturated heterocycles. The molecule has 0 unspecified atom stereocenters. The molecule has 0 radical (unpaired) electrons. The molecule has 3 rings (SSSR count). The van der Waals surface area contributed by atoms with E-state index >= 15 is 0 Å². The van der Waals surface area contributed by atoms with Gasteiger partial charge in [0.1, 0.15) is 0 Å². The number of carbonyl (C=O) groups is 1. The van der Waals surface area contributed by atoms with E-state index in [0.717, 1.165) is 24.9 Å². The summed E-state index contributed by atoms with van der Waals surface area (Å²) in [6.45, 7) is 3.28. The Kier molecular flexibility index (Phi) is 9.45. The number of urea groups is 1. The lowest BCUT2D eigenvalue weighted by molar-refractivity contribution is -0.0286. The van der Waals surface area contributed by atoms with Gasteiger partial charge in [-0.1, -0.05) is 47.2 Å². The van der Waals surface area contributed by atoms with Crippen LogP contribution in [0.4, 0.5) is 10.5 Å². The molecule has 0 saturated carbocycles. The molecule has 2 aromatic carbocycles. The van der Waals surface area contributed by atoms with Gasteiger partial charge in [-0.05, 0) is 35.9 Å². The van der Waals surface area contributed by atoms with Crippen LogP contribution in [0.1, 0.15) is 11.1 Å². The maximum Gasteiger partial charge on any atom is 0.315 e. The quantitative estimate of drug-likeness (QED) is 0.483. The van der Waals surface area contributed by atoms with Gasteiger partial charge in [-0.25, -0.2) is 13.2 Å². The molecule has 3 N–H and O–H groups in total. The van der Waals surface area contributed by atoms with E-state index in [1.54, 1.807) is 30.3 Å². The summed E-state index contributed by atoms with van der Waals surface area (Å²) in [5, 5.41) is 6.54. The highest BCUT2D eigenvalue weighted by atomic mass is 35.5. The Morgan fingerprint density at radius 2 is 2.00 bits per heavy atom. The van der Waals surface area contributed by atoms with Crippen molar-refractivity contribution in [2.75, 3.05) is 43.8 Å². The molecule has 2 aromatic rings. The number of benzene rings is 2. The molecule has 1 aliphatic heterocycles. The van der Waals surface area contributed by atoms with Gasteiger partial charge in [-0.2, -0.15) is 0 Å². The number of rotatable bonds is 7. The number of halogens is 2. The van der Waals surface area contributed by atoms with Crippen molar-refractivity contribution in [2.24, 2.45) is 0 Å². The molecule has 8 nitrogen and oxygen atoms in total. The number of morpholine rings is 1. The first-order valence-corrected chi connectivity index (χ1v) is 13.2. The molecular formula is C23H26Cl2N4O4S. The van der Waals surface area contributed by atoms with Gasteiger partial charge in [0.25, 0.3) is 0 Å². The van der Waals surface area contributed by atoms with Gasteiger partial charge in [0.05, 0.1) is 35.6 Å². The number of amides is 2. The zero-order valence-electron chi connectivity index (χ0n) is 18.6. The van der Waals surface area contributed by atoms with E-state index in [1.807, 2.05) is 12.1 Å². The monoisotopic (exact) mass is 524 g/mol. The minimum atomic E-state index is -3.36. The molecule has 1 fully saturated rings. The Hall–Kier alpha value is -2.48. The molecule has 0 aliphatic carbocycles.